The average Bonchev–Trinajstić information content (AvgIpc) is 2.66. The molecule has 2 rings (SSSR count). The van der Waals surface area contributed by atoms with Crippen LogP contribution < -0.4 is 0 Å². The first kappa shape index (κ1) is 11.1. The lowest BCUT2D eigenvalue weighted by Gasteiger charge is -1.97. The lowest BCUT2D eigenvalue weighted by Crippen LogP contribution is -1.96. The summed E-state index contributed by atoms with van der Waals surface area (Å²) in [5.74, 6) is 0.607. The highest BCUT2D eigenvalue weighted by atomic mass is 79.9. The highest BCUT2D eigenvalue weighted by Gasteiger charge is 2.10. The molecule has 0 fully saturated rings. The van der Waals surface area contributed by atoms with Gasteiger partial charge in [0.2, 0.25) is 5.89 Å². The Morgan fingerprint density at radius 3 is 2.88 bits per heavy atom. The second-order valence-electron chi connectivity index (χ2n) is 3.50. The minimum atomic E-state index is 0.0759. The van der Waals surface area contributed by atoms with Crippen LogP contribution in [0.15, 0.2) is 39.4 Å². The van der Waals surface area contributed by atoms with Crippen LogP contribution >= 0.6 is 15.9 Å². The van der Waals surface area contributed by atoms with Crippen LogP contribution in [0.3, 0.4) is 0 Å². The van der Waals surface area contributed by atoms with E-state index in [1.807, 2.05) is 24.3 Å². The van der Waals surface area contributed by atoms with Gasteiger partial charge < -0.3 is 4.42 Å². The molecule has 0 saturated carbocycles. The molecule has 0 aliphatic rings. The molecule has 3 nitrogen and oxygen atoms in total. The van der Waals surface area contributed by atoms with E-state index < -0.39 is 0 Å². The van der Waals surface area contributed by atoms with Crippen molar-refractivity contribution in [3.8, 4) is 11.5 Å². The molecule has 0 saturated heterocycles. The summed E-state index contributed by atoms with van der Waals surface area (Å²) in [5.41, 5.74) is 1.55. The van der Waals surface area contributed by atoms with Crippen molar-refractivity contribution in [2.24, 2.45) is 0 Å². The molecule has 0 amide bonds. The molecule has 0 radical (unpaired) electrons. The van der Waals surface area contributed by atoms with Gasteiger partial charge in [0.15, 0.2) is 0 Å². The Labute approximate surface area is 102 Å². The zero-order valence-electron chi connectivity index (χ0n) is 8.74. The van der Waals surface area contributed by atoms with Crippen molar-refractivity contribution in [2.75, 3.05) is 0 Å². The number of carbonyl (C=O) groups is 1. The largest absolute Gasteiger partial charge is 0.444 e. The highest BCUT2D eigenvalue weighted by Crippen LogP contribution is 2.27. The summed E-state index contributed by atoms with van der Waals surface area (Å²) >= 11 is 3.43. The first-order chi connectivity index (χ1) is 7.66. The minimum Gasteiger partial charge on any atom is -0.444 e. The van der Waals surface area contributed by atoms with Gasteiger partial charge in [-0.25, -0.2) is 4.98 Å². The van der Waals surface area contributed by atoms with Crippen LogP contribution in [0.5, 0.6) is 0 Å². The molecule has 16 heavy (non-hydrogen) atoms. The number of oxazole rings is 1. The Morgan fingerprint density at radius 2 is 2.19 bits per heavy atom. The lowest BCUT2D eigenvalue weighted by molar-refractivity contribution is -0.116. The molecule has 2 aromatic rings. The maximum atomic E-state index is 10.9. The van der Waals surface area contributed by atoms with Crippen LogP contribution in [0.25, 0.3) is 11.5 Å². The Morgan fingerprint density at radius 1 is 1.44 bits per heavy atom. The molecule has 0 spiro atoms. The predicted molar refractivity (Wildman–Crippen MR) is 64.0 cm³/mol. The zero-order chi connectivity index (χ0) is 11.5. The Hall–Kier alpha value is -1.42. The lowest BCUT2D eigenvalue weighted by atomic mass is 10.2. The fraction of sp³-hybridized carbons (Fsp3) is 0.167. The van der Waals surface area contributed by atoms with Gasteiger partial charge in [0, 0.05) is 4.47 Å². The number of ketones is 1. The van der Waals surface area contributed by atoms with E-state index in [0.29, 0.717) is 18.0 Å². The smallest absolute Gasteiger partial charge is 0.227 e. The van der Waals surface area contributed by atoms with E-state index in [9.17, 15) is 4.79 Å². The van der Waals surface area contributed by atoms with Crippen molar-refractivity contribution in [1.82, 2.24) is 4.98 Å². The molecule has 82 valence electrons. The van der Waals surface area contributed by atoms with Gasteiger partial charge in [-0.15, -0.1) is 0 Å². The summed E-state index contributed by atoms with van der Waals surface area (Å²) in [6.45, 7) is 1.53. The van der Waals surface area contributed by atoms with Gasteiger partial charge in [-0.3, -0.25) is 4.79 Å². The van der Waals surface area contributed by atoms with E-state index in [1.165, 1.54) is 13.2 Å². The summed E-state index contributed by atoms with van der Waals surface area (Å²) < 4.78 is 6.26. The van der Waals surface area contributed by atoms with E-state index in [0.717, 1.165) is 10.0 Å². The number of hydrogen-bond acceptors (Lipinski definition) is 3. The standard InChI is InChI=1S/C12H10BrNO2/c1-8(15)6-9-7-16-12(14-9)10-4-2-3-5-11(10)13/h2-5,7H,6H2,1H3. The second kappa shape index (κ2) is 4.61. The van der Waals surface area contributed by atoms with Crippen molar-refractivity contribution in [1.29, 1.82) is 0 Å². The van der Waals surface area contributed by atoms with E-state index in [1.54, 1.807) is 0 Å². The second-order valence-corrected chi connectivity index (χ2v) is 4.36. The SMILES string of the molecule is CC(=O)Cc1coc(-c2ccccc2Br)n1. The predicted octanol–water partition coefficient (Wildman–Crippen LogP) is 3.24. The van der Waals surface area contributed by atoms with E-state index in [-0.39, 0.29) is 5.78 Å². The van der Waals surface area contributed by atoms with Gasteiger partial charge in [0.05, 0.1) is 17.7 Å². The number of hydrogen-bond donors (Lipinski definition) is 0. The highest BCUT2D eigenvalue weighted by molar-refractivity contribution is 9.10. The monoisotopic (exact) mass is 279 g/mol. The van der Waals surface area contributed by atoms with Crippen LogP contribution in [0.2, 0.25) is 0 Å². The van der Waals surface area contributed by atoms with Crippen LogP contribution in [0.4, 0.5) is 0 Å². The minimum absolute atomic E-state index is 0.0759. The van der Waals surface area contributed by atoms with Gasteiger partial charge >= 0.3 is 0 Å². The first-order valence-corrected chi connectivity index (χ1v) is 5.65. The quantitative estimate of drug-likeness (QED) is 0.866. The third-order valence-electron chi connectivity index (χ3n) is 2.09. The third kappa shape index (κ3) is 2.39. The number of benzene rings is 1. The molecule has 0 bridgehead atoms. The zero-order valence-corrected chi connectivity index (χ0v) is 10.3. The molecular weight excluding hydrogens is 270 g/mol. The van der Waals surface area contributed by atoms with Crippen molar-refractivity contribution in [3.05, 3.63) is 40.7 Å². The molecule has 4 heteroatoms. The van der Waals surface area contributed by atoms with Crippen LogP contribution in [0, 0.1) is 0 Å². The van der Waals surface area contributed by atoms with Crippen LogP contribution in [-0.2, 0) is 11.2 Å². The summed E-state index contributed by atoms with van der Waals surface area (Å²) in [5, 5.41) is 0. The molecule has 1 aromatic carbocycles. The van der Waals surface area contributed by atoms with E-state index in [4.69, 9.17) is 4.42 Å². The number of aromatic nitrogens is 1. The number of carbonyl (C=O) groups excluding carboxylic acids is 1. The number of Topliss-reactive ketones (excluding diaryl/α,β-unsaturated/α-hetero) is 1. The molecule has 0 aliphatic carbocycles. The van der Waals surface area contributed by atoms with Crippen molar-refractivity contribution < 1.29 is 9.21 Å². The van der Waals surface area contributed by atoms with Gasteiger partial charge in [0.1, 0.15) is 12.0 Å². The number of rotatable bonds is 3. The maximum absolute atomic E-state index is 10.9. The molecular formula is C12H10BrNO2. The Kier molecular flexibility index (Phi) is 3.19. The number of nitrogens with zero attached hydrogens (tertiary/aromatic N) is 1. The Bertz CT molecular complexity index is 519. The molecule has 0 aliphatic heterocycles. The van der Waals surface area contributed by atoms with Crippen molar-refractivity contribution >= 4 is 21.7 Å². The fourth-order valence-corrected chi connectivity index (χ4v) is 1.86. The Balaban J connectivity index is 2.32. The third-order valence-corrected chi connectivity index (χ3v) is 2.78. The van der Waals surface area contributed by atoms with Gasteiger partial charge in [-0.05, 0) is 35.0 Å². The maximum Gasteiger partial charge on any atom is 0.227 e. The number of halogens is 1. The van der Waals surface area contributed by atoms with E-state index >= 15 is 0 Å². The first-order valence-electron chi connectivity index (χ1n) is 4.85. The molecule has 1 heterocycles. The molecule has 0 atom stereocenters. The summed E-state index contributed by atoms with van der Waals surface area (Å²) in [6.07, 6.45) is 1.84. The van der Waals surface area contributed by atoms with Crippen molar-refractivity contribution in [2.45, 2.75) is 13.3 Å². The van der Waals surface area contributed by atoms with Gasteiger partial charge in [0.25, 0.3) is 0 Å². The van der Waals surface area contributed by atoms with Gasteiger partial charge in [-0.2, -0.15) is 0 Å². The summed E-state index contributed by atoms with van der Waals surface area (Å²) in [6, 6.07) is 7.67. The summed E-state index contributed by atoms with van der Waals surface area (Å²) in [7, 11) is 0. The molecule has 0 unspecified atom stereocenters. The van der Waals surface area contributed by atoms with Crippen LogP contribution in [-0.4, -0.2) is 10.8 Å². The average molecular weight is 280 g/mol. The van der Waals surface area contributed by atoms with Gasteiger partial charge in [-0.1, -0.05) is 12.1 Å². The molecule has 1 aromatic heterocycles. The van der Waals surface area contributed by atoms with Crippen LogP contribution in [0.1, 0.15) is 12.6 Å². The van der Waals surface area contributed by atoms with E-state index in [2.05, 4.69) is 20.9 Å². The summed E-state index contributed by atoms with van der Waals surface area (Å²) in [4.78, 5) is 15.2. The van der Waals surface area contributed by atoms with Crippen molar-refractivity contribution in [3.63, 3.8) is 0 Å². The normalized spacial score (nSPS) is 10.4. The molecule has 0 N–H and O–H groups in total. The topological polar surface area (TPSA) is 43.1 Å². The fourth-order valence-electron chi connectivity index (χ4n) is 1.40.